The van der Waals surface area contributed by atoms with Gasteiger partial charge >= 0.3 is 5.97 Å². The lowest BCUT2D eigenvalue weighted by atomic mass is 9.71. The zero-order valence-electron chi connectivity index (χ0n) is 17.7. The van der Waals surface area contributed by atoms with Crippen molar-refractivity contribution in [3.8, 4) is 5.75 Å². The van der Waals surface area contributed by atoms with Gasteiger partial charge in [0.15, 0.2) is 0 Å². The molecule has 0 saturated heterocycles. The maximum absolute atomic E-state index is 14.0. The van der Waals surface area contributed by atoms with Crippen LogP contribution in [0.2, 0.25) is 0 Å². The number of methoxy groups -OCH3 is 1. The predicted molar refractivity (Wildman–Crippen MR) is 114 cm³/mol. The number of esters is 1. The van der Waals surface area contributed by atoms with Crippen molar-refractivity contribution in [2.75, 3.05) is 7.11 Å². The van der Waals surface area contributed by atoms with E-state index in [1.54, 1.807) is 68.6 Å². The van der Waals surface area contributed by atoms with Crippen LogP contribution in [0.15, 0.2) is 72.9 Å². The van der Waals surface area contributed by atoms with E-state index in [4.69, 9.17) is 9.47 Å². The summed E-state index contributed by atoms with van der Waals surface area (Å²) in [6, 6.07) is 19.3. The molecule has 6 heteroatoms. The summed E-state index contributed by atoms with van der Waals surface area (Å²) in [6.07, 6.45) is -0.845. The van der Waals surface area contributed by atoms with Crippen molar-refractivity contribution in [3.05, 3.63) is 95.3 Å². The first-order valence-corrected chi connectivity index (χ1v) is 9.92. The molecule has 0 radical (unpaired) electrons. The van der Waals surface area contributed by atoms with Crippen LogP contribution in [-0.2, 0) is 11.3 Å². The Balaban J connectivity index is 1.86. The number of aromatic nitrogens is 1. The zero-order chi connectivity index (χ0) is 22.4. The minimum absolute atomic E-state index is 0.321. The van der Waals surface area contributed by atoms with Crippen molar-refractivity contribution in [1.82, 2.24) is 4.98 Å². The molecular weight excluding hydrogens is 400 g/mol. The second-order valence-electron chi connectivity index (χ2n) is 7.85. The lowest BCUT2D eigenvalue weighted by Crippen LogP contribution is -2.31. The summed E-state index contributed by atoms with van der Waals surface area (Å²) in [5, 5.41) is 0. The van der Waals surface area contributed by atoms with Crippen LogP contribution in [0.4, 0.5) is 8.78 Å². The standard InChI is InChI=1S/C25H25F2NO3/c1-25(2,24(26)27)22(17-7-9-19(10-8-17)23(29)30-3)18-11-13-21(14-12-18)31-16-20-6-4-5-15-28-20/h4-15,22,24H,16H2,1-3H3. The van der Waals surface area contributed by atoms with Crippen LogP contribution in [0.5, 0.6) is 5.75 Å². The Bertz CT molecular complexity index is 988. The molecule has 0 amide bonds. The third-order valence-corrected chi connectivity index (χ3v) is 5.30. The predicted octanol–water partition coefficient (Wildman–Crippen LogP) is 5.87. The smallest absolute Gasteiger partial charge is 0.337 e. The van der Waals surface area contributed by atoms with Crippen molar-refractivity contribution in [2.45, 2.75) is 32.8 Å². The van der Waals surface area contributed by atoms with E-state index in [1.807, 2.05) is 18.2 Å². The number of hydrogen-bond acceptors (Lipinski definition) is 4. The van der Waals surface area contributed by atoms with Crippen LogP contribution in [0, 0.1) is 5.41 Å². The molecule has 2 aromatic carbocycles. The van der Waals surface area contributed by atoms with E-state index >= 15 is 0 Å². The molecule has 3 aromatic rings. The van der Waals surface area contributed by atoms with Crippen molar-refractivity contribution >= 4 is 5.97 Å². The zero-order valence-corrected chi connectivity index (χ0v) is 17.7. The number of hydrogen-bond donors (Lipinski definition) is 0. The van der Waals surface area contributed by atoms with Gasteiger partial charge in [-0.1, -0.05) is 44.2 Å². The van der Waals surface area contributed by atoms with Gasteiger partial charge in [0.25, 0.3) is 0 Å². The summed E-state index contributed by atoms with van der Waals surface area (Å²) in [6.45, 7) is 3.41. The molecule has 0 saturated carbocycles. The van der Waals surface area contributed by atoms with E-state index in [0.717, 1.165) is 11.3 Å². The number of rotatable bonds is 8. The molecule has 31 heavy (non-hydrogen) atoms. The maximum atomic E-state index is 14.0. The Morgan fingerprint density at radius 2 is 1.58 bits per heavy atom. The molecule has 1 unspecified atom stereocenters. The van der Waals surface area contributed by atoms with E-state index in [1.165, 1.54) is 7.11 Å². The summed E-state index contributed by atoms with van der Waals surface area (Å²) in [4.78, 5) is 15.9. The number of benzene rings is 2. The van der Waals surface area contributed by atoms with Crippen LogP contribution < -0.4 is 4.74 Å². The molecule has 0 aliphatic rings. The summed E-state index contributed by atoms with van der Waals surface area (Å²) in [7, 11) is 1.30. The lowest BCUT2D eigenvalue weighted by Gasteiger charge is -2.34. The van der Waals surface area contributed by atoms with Crippen molar-refractivity contribution in [2.24, 2.45) is 5.41 Å². The molecule has 0 N–H and O–H groups in total. The number of pyridine rings is 1. The lowest BCUT2D eigenvalue weighted by molar-refractivity contribution is 0.00872. The minimum atomic E-state index is -2.54. The molecule has 0 aliphatic carbocycles. The number of ether oxygens (including phenoxy) is 2. The fourth-order valence-electron chi connectivity index (χ4n) is 3.50. The Labute approximate surface area is 180 Å². The molecule has 4 nitrogen and oxygen atoms in total. The first-order chi connectivity index (χ1) is 14.8. The molecular formula is C25H25F2NO3. The molecule has 0 aliphatic heterocycles. The minimum Gasteiger partial charge on any atom is -0.487 e. The van der Waals surface area contributed by atoms with Gasteiger partial charge in [-0.25, -0.2) is 13.6 Å². The van der Waals surface area contributed by atoms with Crippen LogP contribution in [-0.4, -0.2) is 24.5 Å². The highest BCUT2D eigenvalue weighted by Gasteiger charge is 2.40. The quantitative estimate of drug-likeness (QED) is 0.424. The van der Waals surface area contributed by atoms with Crippen molar-refractivity contribution < 1.29 is 23.0 Å². The SMILES string of the molecule is COC(=O)c1ccc(C(c2ccc(OCc3ccccn3)cc2)C(C)(C)C(F)F)cc1. The van der Waals surface area contributed by atoms with Crippen molar-refractivity contribution in [3.63, 3.8) is 0 Å². The van der Waals surface area contributed by atoms with Gasteiger partial charge in [0.05, 0.1) is 18.4 Å². The van der Waals surface area contributed by atoms with E-state index in [2.05, 4.69) is 4.98 Å². The van der Waals surface area contributed by atoms with Gasteiger partial charge in [-0.3, -0.25) is 4.98 Å². The molecule has 1 heterocycles. The average Bonchev–Trinajstić information content (AvgIpc) is 2.79. The van der Waals surface area contributed by atoms with Crippen LogP contribution >= 0.6 is 0 Å². The van der Waals surface area contributed by atoms with Gasteiger partial charge in [0.2, 0.25) is 6.43 Å². The van der Waals surface area contributed by atoms with E-state index < -0.39 is 23.7 Å². The monoisotopic (exact) mass is 425 g/mol. The third-order valence-electron chi connectivity index (χ3n) is 5.30. The van der Waals surface area contributed by atoms with Gasteiger partial charge in [-0.05, 0) is 47.5 Å². The van der Waals surface area contributed by atoms with Gasteiger partial charge in [0.1, 0.15) is 12.4 Å². The van der Waals surface area contributed by atoms with Gasteiger partial charge in [-0.2, -0.15) is 0 Å². The summed E-state index contributed by atoms with van der Waals surface area (Å²) in [5.41, 5.74) is 1.27. The summed E-state index contributed by atoms with van der Waals surface area (Å²) >= 11 is 0. The third kappa shape index (κ3) is 5.26. The Kier molecular flexibility index (Phi) is 7.00. The van der Waals surface area contributed by atoms with E-state index in [-0.39, 0.29) is 0 Å². The van der Waals surface area contributed by atoms with Crippen LogP contribution in [0.3, 0.4) is 0 Å². The topological polar surface area (TPSA) is 48.4 Å². The van der Waals surface area contributed by atoms with Gasteiger partial charge in [0, 0.05) is 17.5 Å². The Morgan fingerprint density at radius 3 is 2.10 bits per heavy atom. The van der Waals surface area contributed by atoms with Crippen LogP contribution in [0.25, 0.3) is 0 Å². The summed E-state index contributed by atoms with van der Waals surface area (Å²) in [5.74, 6) is -0.418. The molecule has 0 bridgehead atoms. The number of nitrogens with zero attached hydrogens (tertiary/aromatic N) is 1. The van der Waals surface area contributed by atoms with Crippen molar-refractivity contribution in [1.29, 1.82) is 0 Å². The normalized spacial score (nSPS) is 12.5. The second kappa shape index (κ2) is 9.69. The molecule has 0 fully saturated rings. The van der Waals surface area contributed by atoms with Crippen LogP contribution in [0.1, 0.15) is 46.9 Å². The number of carbonyl (C=O) groups is 1. The van der Waals surface area contributed by atoms with Gasteiger partial charge < -0.3 is 9.47 Å². The fraction of sp³-hybridized carbons (Fsp3) is 0.280. The maximum Gasteiger partial charge on any atom is 0.337 e. The molecule has 3 rings (SSSR count). The highest BCUT2D eigenvalue weighted by atomic mass is 19.3. The first-order valence-electron chi connectivity index (χ1n) is 9.92. The van der Waals surface area contributed by atoms with E-state index in [9.17, 15) is 13.6 Å². The number of alkyl halides is 2. The Hall–Kier alpha value is -3.28. The largest absolute Gasteiger partial charge is 0.487 e. The summed E-state index contributed by atoms with van der Waals surface area (Å²) < 4.78 is 38.4. The molecule has 0 spiro atoms. The average molecular weight is 425 g/mol. The fourth-order valence-corrected chi connectivity index (χ4v) is 3.50. The number of halogens is 2. The first kappa shape index (κ1) is 22.4. The second-order valence-corrected chi connectivity index (χ2v) is 7.85. The van der Waals surface area contributed by atoms with Gasteiger partial charge in [-0.15, -0.1) is 0 Å². The molecule has 1 atom stereocenters. The van der Waals surface area contributed by atoms with E-state index in [0.29, 0.717) is 23.5 Å². The molecule has 162 valence electrons. The number of carbonyl (C=O) groups excluding carboxylic acids is 1. The Morgan fingerprint density at radius 1 is 0.968 bits per heavy atom. The highest BCUT2D eigenvalue weighted by Crippen LogP contribution is 2.45. The highest BCUT2D eigenvalue weighted by molar-refractivity contribution is 5.89. The molecule has 1 aromatic heterocycles.